The highest BCUT2D eigenvalue weighted by molar-refractivity contribution is 6.42. The Hall–Kier alpha value is -1.62. The highest BCUT2D eigenvalue weighted by Gasteiger charge is 2.27. The van der Waals surface area contributed by atoms with E-state index in [9.17, 15) is 4.79 Å². The minimum absolute atomic E-state index is 0.0659. The average Bonchev–Trinajstić information content (AvgIpc) is 3.35. The van der Waals surface area contributed by atoms with Crippen molar-refractivity contribution in [2.75, 3.05) is 0 Å². The summed E-state index contributed by atoms with van der Waals surface area (Å²) in [6.45, 7) is 0. The van der Waals surface area contributed by atoms with E-state index in [1.807, 2.05) is 24.3 Å². The molecule has 116 valence electrons. The first kappa shape index (κ1) is 14.9. The predicted octanol–water partition coefficient (Wildman–Crippen LogP) is 4.62. The van der Waals surface area contributed by atoms with Crippen LogP contribution in [-0.4, -0.2) is 14.5 Å². The second-order valence-corrected chi connectivity index (χ2v) is 6.61. The third-order valence-electron chi connectivity index (χ3n) is 3.93. The van der Waals surface area contributed by atoms with Gasteiger partial charge in [0.05, 0.1) is 16.1 Å². The van der Waals surface area contributed by atoms with Crippen LogP contribution in [0.4, 0.5) is 0 Å². The fraction of sp³-hybridized carbons (Fsp3) is 0.188. The van der Waals surface area contributed by atoms with Gasteiger partial charge in [-0.15, -0.1) is 0 Å². The summed E-state index contributed by atoms with van der Waals surface area (Å²) in [4.78, 5) is 20.7. The first-order chi connectivity index (χ1) is 11.1. The van der Waals surface area contributed by atoms with Gasteiger partial charge in [0, 0.05) is 0 Å². The quantitative estimate of drug-likeness (QED) is 0.491. The number of nitrogens with zero attached hydrogens (tertiary/aromatic N) is 3. The van der Waals surface area contributed by atoms with Gasteiger partial charge in [0.15, 0.2) is 5.65 Å². The van der Waals surface area contributed by atoms with Crippen LogP contribution < -0.4 is 5.69 Å². The number of fused-ring (bicyclic) bond motifs is 1. The molecule has 0 amide bonds. The minimum atomic E-state index is -0.485. The highest BCUT2D eigenvalue weighted by atomic mass is 35.5. The maximum Gasteiger partial charge on any atom is 0.355 e. The molecule has 0 radical (unpaired) electrons. The molecule has 4 nitrogen and oxygen atoms in total. The number of aromatic nitrogens is 3. The molecule has 7 heteroatoms. The van der Waals surface area contributed by atoms with Gasteiger partial charge in [0.2, 0.25) is 0 Å². The van der Waals surface area contributed by atoms with Crippen molar-refractivity contribution < 1.29 is 0 Å². The largest absolute Gasteiger partial charge is 0.355 e. The Kier molecular flexibility index (Phi) is 3.56. The normalized spacial score (nSPS) is 14.4. The summed E-state index contributed by atoms with van der Waals surface area (Å²) in [6.07, 6.45) is 2.23. The number of halogens is 3. The molecule has 1 aliphatic carbocycles. The molecule has 23 heavy (non-hydrogen) atoms. The Morgan fingerprint density at radius 2 is 1.78 bits per heavy atom. The van der Waals surface area contributed by atoms with Crippen LogP contribution in [0.2, 0.25) is 15.3 Å². The van der Waals surface area contributed by atoms with Crippen molar-refractivity contribution in [2.24, 2.45) is 0 Å². The molecule has 3 aromatic rings. The van der Waals surface area contributed by atoms with Crippen LogP contribution in [0.5, 0.6) is 0 Å². The third kappa shape index (κ3) is 2.51. The van der Waals surface area contributed by atoms with Crippen molar-refractivity contribution in [2.45, 2.75) is 18.8 Å². The lowest BCUT2D eigenvalue weighted by Crippen LogP contribution is -2.23. The number of rotatable bonds is 2. The average molecular weight is 367 g/mol. The van der Waals surface area contributed by atoms with Gasteiger partial charge in [-0.05, 0) is 36.5 Å². The monoisotopic (exact) mass is 365 g/mol. The topological polar surface area (TPSA) is 47.8 Å². The van der Waals surface area contributed by atoms with E-state index in [4.69, 9.17) is 34.8 Å². The summed E-state index contributed by atoms with van der Waals surface area (Å²) in [6, 6.07) is 9.33. The van der Waals surface area contributed by atoms with E-state index in [0.29, 0.717) is 17.0 Å². The van der Waals surface area contributed by atoms with Crippen molar-refractivity contribution in [3.8, 4) is 5.69 Å². The SMILES string of the molecule is O=c1nc(Cl)c2cc(Cl)c(Cl)nc2n1-c1ccccc1C1CC1. The number of pyridine rings is 1. The zero-order valence-electron chi connectivity index (χ0n) is 11.8. The molecule has 1 fully saturated rings. The molecule has 2 heterocycles. The van der Waals surface area contributed by atoms with Gasteiger partial charge >= 0.3 is 5.69 Å². The number of hydrogen-bond donors (Lipinski definition) is 0. The summed E-state index contributed by atoms with van der Waals surface area (Å²) in [7, 11) is 0. The van der Waals surface area contributed by atoms with Crippen LogP contribution in [0.15, 0.2) is 35.1 Å². The van der Waals surface area contributed by atoms with Crippen molar-refractivity contribution >= 4 is 45.8 Å². The molecule has 0 N–H and O–H groups in total. The first-order valence-corrected chi connectivity index (χ1v) is 8.23. The first-order valence-electron chi connectivity index (χ1n) is 7.10. The zero-order valence-corrected chi connectivity index (χ0v) is 14.0. The van der Waals surface area contributed by atoms with Crippen LogP contribution in [0.3, 0.4) is 0 Å². The van der Waals surface area contributed by atoms with Crippen molar-refractivity contribution in [3.63, 3.8) is 0 Å². The van der Waals surface area contributed by atoms with Crippen LogP contribution in [-0.2, 0) is 0 Å². The van der Waals surface area contributed by atoms with Gasteiger partial charge in [-0.3, -0.25) is 0 Å². The molecular weight excluding hydrogens is 357 g/mol. The molecule has 0 saturated heterocycles. The van der Waals surface area contributed by atoms with Crippen LogP contribution >= 0.6 is 34.8 Å². The second kappa shape index (κ2) is 5.48. The minimum Gasteiger partial charge on any atom is -0.245 e. The molecule has 0 unspecified atom stereocenters. The molecule has 4 rings (SSSR count). The maximum absolute atomic E-state index is 12.5. The fourth-order valence-electron chi connectivity index (χ4n) is 2.71. The van der Waals surface area contributed by atoms with E-state index in [1.165, 1.54) is 4.57 Å². The van der Waals surface area contributed by atoms with Gasteiger partial charge < -0.3 is 0 Å². The summed E-state index contributed by atoms with van der Waals surface area (Å²) in [5, 5.41) is 0.949. The Labute approximate surface area is 146 Å². The van der Waals surface area contributed by atoms with E-state index >= 15 is 0 Å². The molecule has 1 aliphatic rings. The lowest BCUT2D eigenvalue weighted by atomic mass is 10.1. The predicted molar refractivity (Wildman–Crippen MR) is 92.1 cm³/mol. The Bertz CT molecular complexity index is 996. The van der Waals surface area contributed by atoms with E-state index in [1.54, 1.807) is 6.07 Å². The van der Waals surface area contributed by atoms with Crippen molar-refractivity contribution in [1.82, 2.24) is 14.5 Å². The second-order valence-electron chi connectivity index (χ2n) is 5.49. The van der Waals surface area contributed by atoms with E-state index in [-0.39, 0.29) is 15.3 Å². The Morgan fingerprint density at radius 3 is 2.52 bits per heavy atom. The van der Waals surface area contributed by atoms with Crippen LogP contribution in [0.1, 0.15) is 24.3 Å². The van der Waals surface area contributed by atoms with Gasteiger partial charge in [-0.25, -0.2) is 14.3 Å². The van der Waals surface area contributed by atoms with E-state index < -0.39 is 5.69 Å². The van der Waals surface area contributed by atoms with Crippen LogP contribution in [0, 0.1) is 0 Å². The standard InChI is InChI=1S/C16H10Cl3N3O/c17-11-7-10-13(18)21-16(23)22(15(10)20-14(11)19)12-4-2-1-3-9(12)8-5-6-8/h1-4,7-8H,5-6H2. The zero-order chi connectivity index (χ0) is 16.1. The third-order valence-corrected chi connectivity index (χ3v) is 4.89. The molecule has 0 atom stereocenters. The van der Waals surface area contributed by atoms with Gasteiger partial charge in [-0.1, -0.05) is 53.0 Å². The number of para-hydroxylation sites is 1. The fourth-order valence-corrected chi connectivity index (χ4v) is 3.21. The lowest BCUT2D eigenvalue weighted by Gasteiger charge is -2.14. The summed E-state index contributed by atoms with van der Waals surface area (Å²) in [5.74, 6) is 0.464. The summed E-state index contributed by atoms with van der Waals surface area (Å²) < 4.78 is 1.46. The molecule has 0 aliphatic heterocycles. The highest BCUT2D eigenvalue weighted by Crippen LogP contribution is 2.42. The Balaban J connectivity index is 2.12. The summed E-state index contributed by atoms with van der Waals surface area (Å²) in [5.41, 5.74) is 1.74. The van der Waals surface area contributed by atoms with Gasteiger partial charge in [0.1, 0.15) is 10.3 Å². The Morgan fingerprint density at radius 1 is 1.04 bits per heavy atom. The smallest absolute Gasteiger partial charge is 0.245 e. The number of benzene rings is 1. The molecule has 1 aromatic carbocycles. The van der Waals surface area contributed by atoms with Gasteiger partial charge in [-0.2, -0.15) is 4.98 Å². The van der Waals surface area contributed by atoms with Crippen molar-refractivity contribution in [1.29, 1.82) is 0 Å². The maximum atomic E-state index is 12.5. The lowest BCUT2D eigenvalue weighted by molar-refractivity contribution is 0.918. The van der Waals surface area contributed by atoms with E-state index in [0.717, 1.165) is 24.1 Å². The van der Waals surface area contributed by atoms with Crippen molar-refractivity contribution in [3.05, 3.63) is 61.7 Å². The summed E-state index contributed by atoms with van der Waals surface area (Å²) >= 11 is 18.2. The van der Waals surface area contributed by atoms with Gasteiger partial charge in [0.25, 0.3) is 0 Å². The number of hydrogen-bond acceptors (Lipinski definition) is 3. The molecular formula is C16H10Cl3N3O. The van der Waals surface area contributed by atoms with Crippen LogP contribution in [0.25, 0.3) is 16.7 Å². The molecule has 0 spiro atoms. The molecule has 0 bridgehead atoms. The van der Waals surface area contributed by atoms with E-state index in [2.05, 4.69) is 9.97 Å². The molecule has 1 saturated carbocycles. The molecule has 2 aromatic heterocycles.